The van der Waals surface area contributed by atoms with Crippen LogP contribution in [0.25, 0.3) is 0 Å². The van der Waals surface area contributed by atoms with Crippen molar-refractivity contribution in [2.24, 2.45) is 5.92 Å². The molecule has 1 aromatic rings. The van der Waals surface area contributed by atoms with Crippen molar-refractivity contribution in [3.8, 4) is 0 Å². The number of benzene rings is 1. The fraction of sp³-hybridized carbons (Fsp3) is 0.500. The van der Waals surface area contributed by atoms with Crippen LogP contribution in [0.15, 0.2) is 18.2 Å². The first kappa shape index (κ1) is 18.5. The molecule has 0 bridgehead atoms. The Morgan fingerprint density at radius 1 is 1.43 bits per heavy atom. The Morgan fingerprint density at radius 2 is 2.19 bits per heavy atom. The van der Waals surface area contributed by atoms with Gasteiger partial charge in [-0.25, -0.2) is 0 Å². The third-order valence-electron chi connectivity index (χ3n) is 3.30. The van der Waals surface area contributed by atoms with Gasteiger partial charge >= 0.3 is 0 Å². The molecular formula is C14H19Cl3N2O2. The lowest BCUT2D eigenvalue weighted by molar-refractivity contribution is -0.119. The minimum Gasteiger partial charge on any atom is -0.372 e. The molecule has 2 atom stereocenters. The monoisotopic (exact) mass is 352 g/mol. The molecule has 118 valence electrons. The molecular weight excluding hydrogens is 335 g/mol. The normalized spacial score (nSPS) is 22.0. The largest absolute Gasteiger partial charge is 0.372 e. The molecule has 1 saturated heterocycles. The molecule has 1 fully saturated rings. The van der Waals surface area contributed by atoms with Crippen molar-refractivity contribution >= 4 is 41.5 Å². The zero-order valence-electron chi connectivity index (χ0n) is 11.7. The van der Waals surface area contributed by atoms with Crippen LogP contribution < -0.4 is 10.6 Å². The second kappa shape index (κ2) is 8.81. The molecule has 2 rings (SSSR count). The lowest BCUT2D eigenvalue weighted by Crippen LogP contribution is -2.35. The standard InChI is InChI=1S/C14H18Cl2N2O2.ClH/c1-9(19)18-8-11-7-17-4-5-20-14(11)10-2-3-12(15)13(16)6-10;/h2-3,6,11,14,17H,4-5,7-8H2,1H3,(H,18,19);1H. The summed E-state index contributed by atoms with van der Waals surface area (Å²) in [6.07, 6.45) is -0.105. The fourth-order valence-electron chi connectivity index (χ4n) is 2.30. The highest BCUT2D eigenvalue weighted by atomic mass is 35.5. The highest BCUT2D eigenvalue weighted by molar-refractivity contribution is 6.42. The van der Waals surface area contributed by atoms with Crippen LogP contribution in [0.3, 0.4) is 0 Å². The lowest BCUT2D eigenvalue weighted by atomic mass is 9.95. The summed E-state index contributed by atoms with van der Waals surface area (Å²) in [4.78, 5) is 11.1. The van der Waals surface area contributed by atoms with Gasteiger partial charge in [-0.05, 0) is 17.7 Å². The van der Waals surface area contributed by atoms with E-state index in [1.54, 1.807) is 6.07 Å². The first-order valence-electron chi connectivity index (χ1n) is 6.59. The Bertz CT molecular complexity index is 485. The minimum atomic E-state index is -0.105. The minimum absolute atomic E-state index is 0. The molecule has 1 aliphatic rings. The van der Waals surface area contributed by atoms with Gasteiger partial charge in [-0.2, -0.15) is 0 Å². The third-order valence-corrected chi connectivity index (χ3v) is 4.04. The molecule has 2 N–H and O–H groups in total. The number of amides is 1. The van der Waals surface area contributed by atoms with Crippen LogP contribution in [0.2, 0.25) is 10.0 Å². The number of ether oxygens (including phenoxy) is 1. The summed E-state index contributed by atoms with van der Waals surface area (Å²) in [5, 5.41) is 7.21. The summed E-state index contributed by atoms with van der Waals surface area (Å²) in [5.41, 5.74) is 0.985. The molecule has 0 aromatic heterocycles. The zero-order valence-corrected chi connectivity index (χ0v) is 14.0. The molecule has 1 amide bonds. The van der Waals surface area contributed by atoms with E-state index in [4.69, 9.17) is 27.9 Å². The summed E-state index contributed by atoms with van der Waals surface area (Å²) in [7, 11) is 0. The number of halogens is 3. The fourth-order valence-corrected chi connectivity index (χ4v) is 2.61. The molecule has 4 nitrogen and oxygen atoms in total. The van der Waals surface area contributed by atoms with Crippen molar-refractivity contribution in [3.05, 3.63) is 33.8 Å². The van der Waals surface area contributed by atoms with E-state index in [2.05, 4.69) is 10.6 Å². The predicted molar refractivity (Wildman–Crippen MR) is 87.4 cm³/mol. The smallest absolute Gasteiger partial charge is 0.216 e. The Labute approximate surface area is 140 Å². The molecule has 1 heterocycles. The maximum atomic E-state index is 11.1. The van der Waals surface area contributed by atoms with Crippen LogP contribution in [0, 0.1) is 5.92 Å². The van der Waals surface area contributed by atoms with Crippen molar-refractivity contribution in [2.75, 3.05) is 26.2 Å². The summed E-state index contributed by atoms with van der Waals surface area (Å²) in [5.74, 6) is 0.112. The molecule has 0 aliphatic carbocycles. The topological polar surface area (TPSA) is 50.4 Å². The van der Waals surface area contributed by atoms with Crippen LogP contribution in [-0.2, 0) is 9.53 Å². The van der Waals surface area contributed by atoms with E-state index < -0.39 is 0 Å². The number of carbonyl (C=O) groups is 1. The van der Waals surface area contributed by atoms with Gasteiger partial charge in [0.2, 0.25) is 5.91 Å². The van der Waals surface area contributed by atoms with Crippen molar-refractivity contribution in [1.29, 1.82) is 0 Å². The molecule has 0 saturated carbocycles. The van der Waals surface area contributed by atoms with E-state index in [1.807, 2.05) is 12.1 Å². The van der Waals surface area contributed by atoms with Gasteiger partial charge in [0, 0.05) is 32.5 Å². The molecule has 1 aromatic carbocycles. The third kappa shape index (κ3) is 5.31. The summed E-state index contributed by atoms with van der Waals surface area (Å²) >= 11 is 12.0. The maximum Gasteiger partial charge on any atom is 0.216 e. The SMILES string of the molecule is CC(=O)NCC1CNCCOC1c1ccc(Cl)c(Cl)c1.Cl. The van der Waals surface area contributed by atoms with Crippen molar-refractivity contribution in [1.82, 2.24) is 10.6 Å². The molecule has 21 heavy (non-hydrogen) atoms. The van der Waals surface area contributed by atoms with Crippen LogP contribution in [0.4, 0.5) is 0 Å². The van der Waals surface area contributed by atoms with E-state index in [1.165, 1.54) is 6.92 Å². The van der Waals surface area contributed by atoms with Crippen LogP contribution in [0.5, 0.6) is 0 Å². The molecule has 0 spiro atoms. The van der Waals surface area contributed by atoms with Crippen LogP contribution >= 0.6 is 35.6 Å². The Hall–Kier alpha value is -0.520. The van der Waals surface area contributed by atoms with Crippen molar-refractivity contribution < 1.29 is 9.53 Å². The Morgan fingerprint density at radius 3 is 2.86 bits per heavy atom. The second-order valence-corrected chi connectivity index (χ2v) is 5.68. The first-order valence-corrected chi connectivity index (χ1v) is 7.35. The Balaban J connectivity index is 0.00000220. The predicted octanol–water partition coefficient (Wildman–Crippen LogP) is 2.83. The van der Waals surface area contributed by atoms with E-state index in [0.717, 1.165) is 18.7 Å². The molecule has 0 radical (unpaired) electrons. The lowest BCUT2D eigenvalue weighted by Gasteiger charge is -2.25. The average Bonchev–Trinajstić information content (AvgIpc) is 2.65. The molecule has 1 aliphatic heterocycles. The van der Waals surface area contributed by atoms with Gasteiger partial charge in [-0.3, -0.25) is 4.79 Å². The van der Waals surface area contributed by atoms with Gasteiger partial charge in [0.1, 0.15) is 0 Å². The summed E-state index contributed by atoms with van der Waals surface area (Å²) in [6.45, 7) is 4.29. The highest BCUT2D eigenvalue weighted by Crippen LogP contribution is 2.31. The number of hydrogen-bond donors (Lipinski definition) is 2. The number of rotatable bonds is 3. The maximum absolute atomic E-state index is 11.1. The second-order valence-electron chi connectivity index (χ2n) is 4.87. The zero-order chi connectivity index (χ0) is 14.5. The van der Waals surface area contributed by atoms with Gasteiger partial charge in [0.15, 0.2) is 0 Å². The van der Waals surface area contributed by atoms with Gasteiger partial charge in [-0.1, -0.05) is 29.3 Å². The van der Waals surface area contributed by atoms with Crippen LogP contribution in [-0.4, -0.2) is 32.1 Å². The van der Waals surface area contributed by atoms with E-state index in [9.17, 15) is 4.79 Å². The summed E-state index contributed by atoms with van der Waals surface area (Å²) in [6, 6.07) is 5.53. The van der Waals surface area contributed by atoms with Crippen molar-refractivity contribution in [2.45, 2.75) is 13.0 Å². The number of hydrogen-bond acceptors (Lipinski definition) is 3. The quantitative estimate of drug-likeness (QED) is 0.878. The number of nitrogens with one attached hydrogen (secondary N) is 2. The highest BCUT2D eigenvalue weighted by Gasteiger charge is 2.26. The van der Waals surface area contributed by atoms with Crippen LogP contribution in [0.1, 0.15) is 18.6 Å². The molecule has 7 heteroatoms. The van der Waals surface area contributed by atoms with Gasteiger partial charge in [-0.15, -0.1) is 12.4 Å². The first-order chi connectivity index (χ1) is 9.58. The van der Waals surface area contributed by atoms with E-state index in [0.29, 0.717) is 23.2 Å². The van der Waals surface area contributed by atoms with Gasteiger partial charge < -0.3 is 15.4 Å². The van der Waals surface area contributed by atoms with Gasteiger partial charge in [0.05, 0.1) is 22.8 Å². The molecule has 2 unspecified atom stereocenters. The average molecular weight is 354 g/mol. The van der Waals surface area contributed by atoms with E-state index >= 15 is 0 Å². The number of carbonyl (C=O) groups excluding carboxylic acids is 1. The van der Waals surface area contributed by atoms with E-state index in [-0.39, 0.29) is 30.3 Å². The van der Waals surface area contributed by atoms with Crippen molar-refractivity contribution in [3.63, 3.8) is 0 Å². The Kier molecular flexibility index (Phi) is 7.77. The van der Waals surface area contributed by atoms with Gasteiger partial charge in [0.25, 0.3) is 0 Å². The summed E-state index contributed by atoms with van der Waals surface area (Å²) < 4.78 is 5.91.